The summed E-state index contributed by atoms with van der Waals surface area (Å²) in [6, 6.07) is 6.59. The van der Waals surface area contributed by atoms with Crippen molar-refractivity contribution in [2.24, 2.45) is 11.3 Å². The third-order valence-electron chi connectivity index (χ3n) is 7.49. The molecule has 0 aliphatic carbocycles. The van der Waals surface area contributed by atoms with Gasteiger partial charge in [-0.15, -0.1) is 0 Å². The van der Waals surface area contributed by atoms with Crippen LogP contribution in [0.15, 0.2) is 36.5 Å². The van der Waals surface area contributed by atoms with Crippen molar-refractivity contribution in [3.63, 3.8) is 0 Å². The Balaban J connectivity index is 2.27. The minimum Gasteiger partial charge on any atom is -0.481 e. The van der Waals surface area contributed by atoms with Crippen LogP contribution in [0.5, 0.6) is 5.88 Å². The maximum atomic E-state index is 13.9. The number of hydrogen-bond donors (Lipinski definition) is 0. The smallest absolute Gasteiger partial charge is 0.417 e. The zero-order chi connectivity index (χ0) is 32.3. The van der Waals surface area contributed by atoms with Crippen molar-refractivity contribution in [3.8, 4) is 5.88 Å². The molecular formula is C32H43F3N2O6. The Kier molecular flexibility index (Phi) is 10.7. The monoisotopic (exact) mass is 608 g/mol. The van der Waals surface area contributed by atoms with Gasteiger partial charge in [-0.25, -0.2) is 14.6 Å². The Bertz CT molecular complexity index is 1270. The highest BCUT2D eigenvalue weighted by Gasteiger charge is 2.60. The zero-order valence-electron chi connectivity index (χ0n) is 26.3. The largest absolute Gasteiger partial charge is 0.481 e. The molecule has 11 heteroatoms. The highest BCUT2D eigenvalue weighted by Crippen LogP contribution is 2.51. The molecule has 0 radical (unpaired) electrons. The number of methoxy groups -OCH3 is 1. The Morgan fingerprint density at radius 1 is 1.07 bits per heavy atom. The van der Waals surface area contributed by atoms with Crippen molar-refractivity contribution >= 4 is 12.1 Å². The summed E-state index contributed by atoms with van der Waals surface area (Å²) in [5, 5.41) is 0. The number of halogens is 3. The second-order valence-electron chi connectivity index (χ2n) is 12.3. The number of benzene rings is 1. The summed E-state index contributed by atoms with van der Waals surface area (Å²) >= 11 is 0. The predicted octanol–water partition coefficient (Wildman–Crippen LogP) is 7.31. The van der Waals surface area contributed by atoms with E-state index in [9.17, 15) is 22.8 Å². The molecule has 0 spiro atoms. The molecule has 2 aromatic rings. The topological polar surface area (TPSA) is 87.2 Å². The summed E-state index contributed by atoms with van der Waals surface area (Å²) in [7, 11) is 1.31. The number of hydrogen-bond acceptors (Lipinski definition) is 7. The van der Waals surface area contributed by atoms with E-state index in [0.29, 0.717) is 6.20 Å². The first-order chi connectivity index (χ1) is 20.0. The standard InChI is InChI=1S/C32H43F3N2O6/c1-10-41-29(38)26-24(31(6,7)8)27(42-17-20-15-21(32(33,34)35)16-36-28(20)40-9)25(37(26)30(39)43-19(4)5)23-14-12-11-13-22(23)18(2)3/h11-16,18-19,24-27H,10,17H2,1-9H3/t24-,25+,26+,27+/m1/s1. The van der Waals surface area contributed by atoms with Gasteiger partial charge in [0.25, 0.3) is 0 Å². The molecule has 2 heterocycles. The van der Waals surface area contributed by atoms with Crippen molar-refractivity contribution in [3.05, 3.63) is 58.8 Å². The summed E-state index contributed by atoms with van der Waals surface area (Å²) in [4.78, 5) is 32.8. The molecule has 1 aromatic heterocycles. The molecule has 1 aliphatic rings. The lowest BCUT2D eigenvalue weighted by Gasteiger charge is -2.35. The predicted molar refractivity (Wildman–Crippen MR) is 154 cm³/mol. The minimum absolute atomic E-state index is 0.0181. The number of nitrogens with zero attached hydrogens (tertiary/aromatic N) is 2. The van der Waals surface area contributed by atoms with Crippen LogP contribution in [0, 0.1) is 11.3 Å². The van der Waals surface area contributed by atoms with Crippen molar-refractivity contribution in [1.29, 1.82) is 0 Å². The van der Waals surface area contributed by atoms with Gasteiger partial charge < -0.3 is 18.9 Å². The maximum absolute atomic E-state index is 13.9. The third kappa shape index (κ3) is 7.60. The molecule has 0 saturated carbocycles. The fraction of sp³-hybridized carbons (Fsp3) is 0.594. The summed E-state index contributed by atoms with van der Waals surface area (Å²) in [5.41, 5.74) is 0.184. The van der Waals surface area contributed by atoms with Gasteiger partial charge in [-0.05, 0) is 49.3 Å². The number of alkyl halides is 3. The fourth-order valence-corrected chi connectivity index (χ4v) is 5.78. The van der Waals surface area contributed by atoms with Crippen molar-refractivity contribution in [2.45, 2.75) is 98.4 Å². The van der Waals surface area contributed by atoms with Crippen LogP contribution in [-0.2, 0) is 31.8 Å². The molecule has 8 nitrogen and oxygen atoms in total. The molecule has 43 heavy (non-hydrogen) atoms. The van der Waals surface area contributed by atoms with E-state index in [0.717, 1.165) is 17.2 Å². The number of likely N-dealkylation sites (tertiary alicyclic amines) is 1. The molecule has 238 valence electrons. The van der Waals surface area contributed by atoms with Gasteiger partial charge in [-0.2, -0.15) is 13.2 Å². The minimum atomic E-state index is -4.62. The molecule has 1 saturated heterocycles. The van der Waals surface area contributed by atoms with E-state index in [1.807, 2.05) is 58.9 Å². The molecule has 1 aromatic carbocycles. The number of pyridine rings is 1. The van der Waals surface area contributed by atoms with Crippen LogP contribution in [0.3, 0.4) is 0 Å². The average molecular weight is 609 g/mol. The second kappa shape index (κ2) is 13.5. The normalized spacial score (nSPS) is 20.9. The molecule has 1 fully saturated rings. The quantitative estimate of drug-likeness (QED) is 0.276. The maximum Gasteiger partial charge on any atom is 0.417 e. The lowest BCUT2D eigenvalue weighted by molar-refractivity contribution is -0.152. The lowest BCUT2D eigenvalue weighted by atomic mass is 9.73. The highest BCUT2D eigenvalue weighted by molar-refractivity contribution is 5.83. The van der Waals surface area contributed by atoms with E-state index in [2.05, 4.69) is 4.98 Å². The summed E-state index contributed by atoms with van der Waals surface area (Å²) in [6.07, 6.45) is -5.97. The number of aromatic nitrogens is 1. The van der Waals surface area contributed by atoms with E-state index >= 15 is 0 Å². The zero-order valence-corrected chi connectivity index (χ0v) is 26.3. The average Bonchev–Trinajstić information content (AvgIpc) is 3.26. The Labute approximate surface area is 251 Å². The number of amides is 1. The van der Waals surface area contributed by atoms with E-state index in [1.165, 1.54) is 12.0 Å². The van der Waals surface area contributed by atoms with E-state index in [4.69, 9.17) is 18.9 Å². The van der Waals surface area contributed by atoms with Gasteiger partial charge in [0.05, 0.1) is 44.1 Å². The Hall–Kier alpha value is -3.34. The number of rotatable bonds is 9. The molecule has 0 bridgehead atoms. The molecule has 1 amide bonds. The third-order valence-corrected chi connectivity index (χ3v) is 7.49. The molecule has 0 unspecified atom stereocenters. The summed E-state index contributed by atoms with van der Waals surface area (Å²) < 4.78 is 63.8. The van der Waals surface area contributed by atoms with Crippen LogP contribution >= 0.6 is 0 Å². The number of carbonyl (C=O) groups excluding carboxylic acids is 2. The van der Waals surface area contributed by atoms with E-state index in [-0.39, 0.29) is 30.6 Å². The molecule has 1 aliphatic heterocycles. The van der Waals surface area contributed by atoms with Crippen LogP contribution in [0.4, 0.5) is 18.0 Å². The van der Waals surface area contributed by atoms with Crippen LogP contribution in [-0.4, -0.2) is 53.9 Å². The van der Waals surface area contributed by atoms with Crippen molar-refractivity contribution < 1.29 is 41.7 Å². The van der Waals surface area contributed by atoms with Crippen molar-refractivity contribution in [1.82, 2.24) is 9.88 Å². The van der Waals surface area contributed by atoms with Crippen LogP contribution < -0.4 is 4.74 Å². The van der Waals surface area contributed by atoms with Gasteiger partial charge in [0, 0.05) is 17.7 Å². The van der Waals surface area contributed by atoms with E-state index < -0.39 is 59.4 Å². The Morgan fingerprint density at radius 2 is 1.72 bits per heavy atom. The van der Waals surface area contributed by atoms with Gasteiger partial charge >= 0.3 is 18.2 Å². The van der Waals surface area contributed by atoms with Gasteiger partial charge in [-0.1, -0.05) is 58.9 Å². The summed E-state index contributed by atoms with van der Waals surface area (Å²) in [6.45, 7) is 14.7. The molecule has 0 N–H and O–H groups in total. The summed E-state index contributed by atoms with van der Waals surface area (Å²) in [5.74, 6) is -1.22. The van der Waals surface area contributed by atoms with Gasteiger partial charge in [0.1, 0.15) is 6.04 Å². The van der Waals surface area contributed by atoms with Crippen LogP contribution in [0.1, 0.15) is 89.6 Å². The highest BCUT2D eigenvalue weighted by atomic mass is 19.4. The fourth-order valence-electron chi connectivity index (χ4n) is 5.78. The lowest BCUT2D eigenvalue weighted by Crippen LogP contribution is -2.48. The SMILES string of the molecule is CCOC(=O)[C@@H]1[C@@H](C(C)(C)C)[C@H](OCc2cc(C(F)(F)F)cnc2OC)[C@H](c2ccccc2C(C)C)N1C(=O)OC(C)C. The number of ether oxygens (including phenoxy) is 4. The molecular weight excluding hydrogens is 565 g/mol. The van der Waals surface area contributed by atoms with E-state index in [1.54, 1.807) is 20.8 Å². The Morgan fingerprint density at radius 3 is 2.26 bits per heavy atom. The van der Waals surface area contributed by atoms with Gasteiger partial charge in [-0.3, -0.25) is 4.90 Å². The van der Waals surface area contributed by atoms with Crippen LogP contribution in [0.25, 0.3) is 0 Å². The number of esters is 1. The first kappa shape index (κ1) is 34.2. The molecule has 3 rings (SSSR count). The van der Waals surface area contributed by atoms with Gasteiger partial charge in [0.15, 0.2) is 0 Å². The van der Waals surface area contributed by atoms with Crippen molar-refractivity contribution in [2.75, 3.05) is 13.7 Å². The first-order valence-corrected chi connectivity index (χ1v) is 14.5. The van der Waals surface area contributed by atoms with Gasteiger partial charge in [0.2, 0.25) is 5.88 Å². The van der Waals surface area contributed by atoms with Crippen LogP contribution in [0.2, 0.25) is 0 Å². The number of carbonyl (C=O) groups is 2. The first-order valence-electron chi connectivity index (χ1n) is 14.5. The molecule has 4 atom stereocenters. The second-order valence-corrected chi connectivity index (χ2v) is 12.3.